The fourth-order valence-corrected chi connectivity index (χ4v) is 6.75. The lowest BCUT2D eigenvalue weighted by atomic mass is 9.94. The van der Waals surface area contributed by atoms with Crippen molar-refractivity contribution in [3.8, 4) is 0 Å². The maximum absolute atomic E-state index is 13.0. The lowest BCUT2D eigenvalue weighted by Crippen LogP contribution is -2.50. The molecule has 0 aromatic heterocycles. The van der Waals surface area contributed by atoms with Crippen LogP contribution >= 0.6 is 23.5 Å². The molecule has 0 aromatic rings. The number of guanidine groups is 1. The van der Waals surface area contributed by atoms with Gasteiger partial charge in [-0.25, -0.2) is 19.4 Å². The van der Waals surface area contributed by atoms with Gasteiger partial charge in [-0.1, -0.05) is 0 Å². The molecule has 13 heteroatoms. The van der Waals surface area contributed by atoms with E-state index in [4.69, 9.17) is 19.2 Å². The summed E-state index contributed by atoms with van der Waals surface area (Å²) in [7, 11) is 0. The largest absolute Gasteiger partial charge is 0.464 e. The summed E-state index contributed by atoms with van der Waals surface area (Å²) < 4.78 is 17.2. The molecule has 1 saturated carbocycles. The summed E-state index contributed by atoms with van der Waals surface area (Å²) in [6.45, 7) is 13.5. The van der Waals surface area contributed by atoms with Gasteiger partial charge in [0.15, 0.2) is 0 Å². The molecule has 0 radical (unpaired) electrons. The van der Waals surface area contributed by atoms with E-state index < -0.39 is 47.4 Å². The Morgan fingerprint density at radius 2 is 1.49 bits per heavy atom. The Bertz CT molecular complexity index is 946. The predicted octanol–water partition coefficient (Wildman–Crippen LogP) is 4.32. The van der Waals surface area contributed by atoms with Crippen LogP contribution in [-0.2, 0) is 23.8 Å². The first kappa shape index (κ1) is 32.8. The van der Waals surface area contributed by atoms with Crippen LogP contribution in [0.3, 0.4) is 0 Å². The van der Waals surface area contributed by atoms with Crippen LogP contribution in [0, 0.1) is 5.92 Å². The highest BCUT2D eigenvalue weighted by molar-refractivity contribution is 8.22. The van der Waals surface area contributed by atoms with Gasteiger partial charge in [0.2, 0.25) is 11.9 Å². The summed E-state index contributed by atoms with van der Waals surface area (Å²) in [5.41, 5.74) is -0.452. The van der Waals surface area contributed by atoms with Gasteiger partial charge in [-0.3, -0.25) is 15.4 Å². The molecule has 3 atom stereocenters. The molecule has 39 heavy (non-hydrogen) atoms. The van der Waals surface area contributed by atoms with E-state index in [1.807, 2.05) is 0 Å². The molecular formula is C26H42N4O7S2. The maximum atomic E-state index is 13.0. The molecule has 2 aliphatic rings. The molecule has 220 valence electrons. The average Bonchev–Trinajstić information content (AvgIpc) is 3.18. The molecule has 2 rings (SSSR count). The van der Waals surface area contributed by atoms with E-state index >= 15 is 0 Å². The lowest BCUT2D eigenvalue weighted by Gasteiger charge is -2.26. The Balaban J connectivity index is 2.49. The summed E-state index contributed by atoms with van der Waals surface area (Å²) in [6, 6.07) is -1.53. The summed E-state index contributed by atoms with van der Waals surface area (Å²) in [6.07, 6.45) is 0.461. The Kier molecular flexibility index (Phi) is 12.0. The van der Waals surface area contributed by atoms with Gasteiger partial charge in [-0.2, -0.15) is 0 Å². The highest BCUT2D eigenvalue weighted by Gasteiger charge is 2.42. The quantitative estimate of drug-likeness (QED) is 0.186. The predicted molar refractivity (Wildman–Crippen MR) is 153 cm³/mol. The van der Waals surface area contributed by atoms with Crippen molar-refractivity contribution in [1.29, 1.82) is 0 Å². The first-order chi connectivity index (χ1) is 18.1. The molecule has 11 nitrogen and oxygen atoms in total. The zero-order chi connectivity index (χ0) is 29.4. The molecule has 0 spiro atoms. The SMILES string of the molecule is CCOC(=O)C(NC(C)=O)C1CC(=C2SCCCS2)CC1N=C(NC(=O)OC(C)(C)C)NC(=O)OC(C)(C)C. The second-order valence-electron chi connectivity index (χ2n) is 11.2. The van der Waals surface area contributed by atoms with Gasteiger partial charge >= 0.3 is 18.2 Å². The molecule has 0 bridgehead atoms. The molecule has 1 aliphatic heterocycles. The minimum atomic E-state index is -0.961. The number of aliphatic imine (C=N–C) groups is 1. The summed E-state index contributed by atoms with van der Waals surface area (Å²) in [4.78, 5) is 55.0. The van der Waals surface area contributed by atoms with E-state index in [0.717, 1.165) is 23.5 Å². The number of esters is 1. The van der Waals surface area contributed by atoms with E-state index in [1.165, 1.54) is 11.2 Å². The normalized spacial score (nSPS) is 20.4. The van der Waals surface area contributed by atoms with Gasteiger partial charge in [0.1, 0.15) is 17.2 Å². The zero-order valence-electron chi connectivity index (χ0n) is 24.1. The van der Waals surface area contributed by atoms with Gasteiger partial charge in [-0.15, -0.1) is 23.5 Å². The number of carbonyl (C=O) groups is 4. The summed E-state index contributed by atoms with van der Waals surface area (Å²) >= 11 is 3.55. The number of nitrogens with zero attached hydrogens (tertiary/aromatic N) is 1. The van der Waals surface area contributed by atoms with Crippen molar-refractivity contribution in [2.45, 2.75) is 97.9 Å². The van der Waals surface area contributed by atoms with Crippen LogP contribution in [0.25, 0.3) is 0 Å². The number of hydrogen-bond donors (Lipinski definition) is 3. The molecule has 3 amide bonds. The van der Waals surface area contributed by atoms with E-state index in [-0.39, 0.29) is 18.5 Å². The van der Waals surface area contributed by atoms with Crippen molar-refractivity contribution in [3.63, 3.8) is 0 Å². The number of carbonyl (C=O) groups excluding carboxylic acids is 4. The first-order valence-corrected chi connectivity index (χ1v) is 15.0. The van der Waals surface area contributed by atoms with Crippen LogP contribution in [0.1, 0.15) is 74.7 Å². The Labute approximate surface area is 239 Å². The van der Waals surface area contributed by atoms with Gasteiger partial charge in [0.05, 0.1) is 12.6 Å². The number of amides is 3. The van der Waals surface area contributed by atoms with E-state index in [0.29, 0.717) is 12.8 Å². The Hall–Kier alpha value is -2.41. The highest BCUT2D eigenvalue weighted by Crippen LogP contribution is 2.45. The summed E-state index contributed by atoms with van der Waals surface area (Å²) in [5, 5.41) is 7.76. The molecule has 0 aromatic carbocycles. The number of ether oxygens (including phenoxy) is 3. The van der Waals surface area contributed by atoms with Crippen molar-refractivity contribution in [3.05, 3.63) is 9.81 Å². The molecule has 1 aliphatic carbocycles. The topological polar surface area (TPSA) is 144 Å². The zero-order valence-corrected chi connectivity index (χ0v) is 25.7. The second-order valence-corrected chi connectivity index (χ2v) is 13.7. The maximum Gasteiger partial charge on any atom is 0.414 e. The monoisotopic (exact) mass is 586 g/mol. The van der Waals surface area contributed by atoms with Crippen molar-refractivity contribution in [2.24, 2.45) is 10.9 Å². The second kappa shape index (κ2) is 14.3. The molecular weight excluding hydrogens is 544 g/mol. The van der Waals surface area contributed by atoms with E-state index in [2.05, 4.69) is 16.0 Å². The smallest absolute Gasteiger partial charge is 0.414 e. The van der Waals surface area contributed by atoms with Crippen LogP contribution in [0.4, 0.5) is 9.59 Å². The molecule has 3 N–H and O–H groups in total. The van der Waals surface area contributed by atoms with E-state index in [9.17, 15) is 19.2 Å². The molecule has 3 unspecified atom stereocenters. The molecule has 2 fully saturated rings. The Morgan fingerprint density at radius 3 is 1.95 bits per heavy atom. The number of alkyl carbamates (subject to hydrolysis) is 2. The van der Waals surface area contributed by atoms with Crippen LogP contribution in [0.2, 0.25) is 0 Å². The van der Waals surface area contributed by atoms with Gasteiger partial charge in [0, 0.05) is 17.1 Å². The fourth-order valence-electron chi connectivity index (χ4n) is 4.04. The number of thioether (sulfide) groups is 2. The number of nitrogens with one attached hydrogen (secondary N) is 3. The highest BCUT2D eigenvalue weighted by atomic mass is 32.2. The van der Waals surface area contributed by atoms with Crippen molar-refractivity contribution in [2.75, 3.05) is 18.1 Å². The van der Waals surface area contributed by atoms with Crippen LogP contribution < -0.4 is 16.0 Å². The van der Waals surface area contributed by atoms with Gasteiger partial charge in [0.25, 0.3) is 0 Å². The standard InChI is InChI=1S/C26H42N4O7S2/c1-9-35-20(32)19(27-15(2)31)17-13-16(21-38-11-10-12-39-21)14-18(17)28-22(29-23(33)36-25(3,4)5)30-24(34)37-26(6,7)8/h17-19H,9-14H2,1-8H3,(H,27,31)(H2,28,29,30,33,34). The number of rotatable bonds is 5. The summed E-state index contributed by atoms with van der Waals surface area (Å²) in [5.74, 6) is 0.419. The van der Waals surface area contributed by atoms with Crippen molar-refractivity contribution >= 4 is 53.5 Å². The van der Waals surface area contributed by atoms with E-state index in [1.54, 1.807) is 72.0 Å². The third-order valence-electron chi connectivity index (χ3n) is 5.34. The number of hydrogen-bond acceptors (Lipinski definition) is 10. The van der Waals surface area contributed by atoms with Crippen LogP contribution in [0.5, 0.6) is 0 Å². The lowest BCUT2D eigenvalue weighted by molar-refractivity contribution is -0.149. The third kappa shape index (κ3) is 11.7. The fraction of sp³-hybridized carbons (Fsp3) is 0.731. The Morgan fingerprint density at radius 1 is 0.949 bits per heavy atom. The average molecular weight is 587 g/mol. The van der Waals surface area contributed by atoms with Crippen LogP contribution in [0.15, 0.2) is 14.8 Å². The minimum Gasteiger partial charge on any atom is -0.464 e. The molecule has 1 heterocycles. The van der Waals surface area contributed by atoms with Crippen molar-refractivity contribution < 1.29 is 33.4 Å². The van der Waals surface area contributed by atoms with Crippen LogP contribution in [-0.4, -0.2) is 71.4 Å². The van der Waals surface area contributed by atoms with Crippen molar-refractivity contribution in [1.82, 2.24) is 16.0 Å². The van der Waals surface area contributed by atoms with Gasteiger partial charge < -0.3 is 19.5 Å². The first-order valence-electron chi connectivity index (χ1n) is 13.1. The van der Waals surface area contributed by atoms with Gasteiger partial charge in [-0.05, 0) is 84.8 Å². The molecule has 1 saturated heterocycles. The minimum absolute atomic E-state index is 0.154. The third-order valence-corrected chi connectivity index (χ3v) is 8.13.